The van der Waals surface area contributed by atoms with Crippen LogP contribution in [0.4, 0.5) is 10.2 Å². The summed E-state index contributed by atoms with van der Waals surface area (Å²) in [6.45, 7) is 0.413. The van der Waals surface area contributed by atoms with Crippen LogP contribution in [0.25, 0.3) is 0 Å². The van der Waals surface area contributed by atoms with Crippen molar-refractivity contribution in [1.82, 2.24) is 9.55 Å². The van der Waals surface area contributed by atoms with Crippen LogP contribution in [0.5, 0.6) is 0 Å². The highest BCUT2D eigenvalue weighted by molar-refractivity contribution is 5.28. The fraction of sp³-hybridized carbons (Fsp3) is 0.538. The number of ether oxygens (including phenoxy) is 1. The van der Waals surface area contributed by atoms with E-state index < -0.39 is 42.4 Å². The SMILES string of the molecule is C[C@@H](O)[C@H]1O[C@@H](n2ccc(N)nc2=O)[C@@](N)(C#CCF)C1O. The van der Waals surface area contributed by atoms with Gasteiger partial charge in [-0.25, -0.2) is 9.18 Å². The molecule has 0 aliphatic carbocycles. The first-order valence-corrected chi connectivity index (χ1v) is 6.52. The molecule has 0 spiro atoms. The number of rotatable bonds is 2. The molecule has 2 heterocycles. The van der Waals surface area contributed by atoms with Gasteiger partial charge >= 0.3 is 5.69 Å². The van der Waals surface area contributed by atoms with E-state index in [1.165, 1.54) is 19.2 Å². The number of aliphatic hydroxyl groups is 2. The maximum Gasteiger partial charge on any atom is 0.351 e. The molecule has 1 aromatic rings. The summed E-state index contributed by atoms with van der Waals surface area (Å²) in [5.41, 5.74) is 8.92. The van der Waals surface area contributed by atoms with E-state index >= 15 is 0 Å². The second-order valence-corrected chi connectivity index (χ2v) is 5.05. The van der Waals surface area contributed by atoms with Crippen LogP contribution >= 0.6 is 0 Å². The van der Waals surface area contributed by atoms with E-state index in [2.05, 4.69) is 16.8 Å². The Bertz CT molecular complexity index is 668. The van der Waals surface area contributed by atoms with Crippen molar-refractivity contribution in [1.29, 1.82) is 0 Å². The highest BCUT2D eigenvalue weighted by Gasteiger charge is 2.55. The van der Waals surface area contributed by atoms with Crippen LogP contribution in [0.2, 0.25) is 0 Å². The van der Waals surface area contributed by atoms with E-state index in [1.54, 1.807) is 0 Å². The van der Waals surface area contributed by atoms with Crippen LogP contribution < -0.4 is 17.2 Å². The maximum absolute atomic E-state index is 12.4. The predicted molar refractivity (Wildman–Crippen MR) is 75.2 cm³/mol. The summed E-state index contributed by atoms with van der Waals surface area (Å²) in [4.78, 5) is 15.5. The van der Waals surface area contributed by atoms with Gasteiger partial charge in [0.2, 0.25) is 0 Å². The van der Waals surface area contributed by atoms with Crippen LogP contribution in [0.3, 0.4) is 0 Å². The lowest BCUT2D eigenvalue weighted by molar-refractivity contribution is -0.0778. The lowest BCUT2D eigenvalue weighted by Crippen LogP contribution is -2.55. The number of alkyl halides is 1. The molecule has 22 heavy (non-hydrogen) atoms. The predicted octanol–water partition coefficient (Wildman–Crippen LogP) is -1.86. The molecular weight excluding hydrogens is 295 g/mol. The lowest BCUT2D eigenvalue weighted by Gasteiger charge is -2.27. The quantitative estimate of drug-likeness (QED) is 0.470. The molecule has 1 aromatic heterocycles. The lowest BCUT2D eigenvalue weighted by atomic mass is 9.90. The Balaban J connectivity index is 2.53. The molecular formula is C13H17FN4O4. The number of hydrogen-bond acceptors (Lipinski definition) is 7. The molecule has 8 nitrogen and oxygen atoms in total. The highest BCUT2D eigenvalue weighted by atomic mass is 19.1. The number of nitrogens with zero attached hydrogens (tertiary/aromatic N) is 2. The van der Waals surface area contributed by atoms with Gasteiger partial charge in [-0.05, 0) is 13.0 Å². The number of anilines is 1. The van der Waals surface area contributed by atoms with Crippen LogP contribution in [-0.4, -0.2) is 50.3 Å². The molecule has 0 radical (unpaired) electrons. The number of aliphatic hydroxyl groups excluding tert-OH is 2. The number of hydrogen-bond donors (Lipinski definition) is 4. The van der Waals surface area contributed by atoms with E-state index in [9.17, 15) is 19.4 Å². The molecule has 1 fully saturated rings. The van der Waals surface area contributed by atoms with Gasteiger partial charge in [-0.2, -0.15) is 4.98 Å². The standard InChI is InChI=1S/C13H17FN4O4/c1-7(19)9-10(20)13(16,4-2-5-14)11(22-9)18-6-3-8(15)17-12(18)21/h3,6-7,9-11,19-20H,5,16H2,1H3,(H2,15,17,21)/t7-,9-,10?,11-,13-/m1/s1. The molecule has 5 atom stereocenters. The Morgan fingerprint density at radius 3 is 2.91 bits per heavy atom. The summed E-state index contributed by atoms with van der Waals surface area (Å²) >= 11 is 0. The van der Waals surface area contributed by atoms with E-state index in [0.717, 1.165) is 4.57 Å². The zero-order chi connectivity index (χ0) is 16.5. The van der Waals surface area contributed by atoms with Crippen molar-refractivity contribution in [2.24, 2.45) is 5.73 Å². The van der Waals surface area contributed by atoms with Gasteiger partial charge in [0.1, 0.15) is 24.7 Å². The zero-order valence-electron chi connectivity index (χ0n) is 11.8. The van der Waals surface area contributed by atoms with Gasteiger partial charge < -0.3 is 26.4 Å². The summed E-state index contributed by atoms with van der Waals surface area (Å²) in [7, 11) is 0. The molecule has 0 saturated carbocycles. The second kappa shape index (κ2) is 6.02. The highest BCUT2D eigenvalue weighted by Crippen LogP contribution is 2.37. The Labute approximate surface area is 125 Å². The molecule has 1 unspecified atom stereocenters. The number of aromatic nitrogens is 2. The van der Waals surface area contributed by atoms with Gasteiger partial charge in [0, 0.05) is 6.20 Å². The largest absolute Gasteiger partial charge is 0.391 e. The van der Waals surface area contributed by atoms with Crippen LogP contribution in [0.1, 0.15) is 13.2 Å². The first-order chi connectivity index (χ1) is 10.3. The summed E-state index contributed by atoms with van der Waals surface area (Å²) in [5, 5.41) is 20.0. The third-order valence-electron chi connectivity index (χ3n) is 3.45. The summed E-state index contributed by atoms with van der Waals surface area (Å²) < 4.78 is 18.8. The number of nitrogen functional groups attached to an aromatic ring is 1. The summed E-state index contributed by atoms with van der Waals surface area (Å²) in [5.74, 6) is 4.51. The van der Waals surface area contributed by atoms with Gasteiger partial charge in [-0.3, -0.25) is 4.57 Å². The topological polar surface area (TPSA) is 137 Å². The van der Waals surface area contributed by atoms with Crippen molar-refractivity contribution in [3.05, 3.63) is 22.7 Å². The van der Waals surface area contributed by atoms with Crippen LogP contribution in [0.15, 0.2) is 17.1 Å². The van der Waals surface area contributed by atoms with Crippen molar-refractivity contribution in [2.45, 2.75) is 37.0 Å². The minimum Gasteiger partial charge on any atom is -0.391 e. The molecule has 6 N–H and O–H groups in total. The average molecular weight is 312 g/mol. The first kappa shape index (κ1) is 16.4. The molecule has 0 amide bonds. The zero-order valence-corrected chi connectivity index (χ0v) is 11.8. The first-order valence-electron chi connectivity index (χ1n) is 6.52. The van der Waals surface area contributed by atoms with Gasteiger partial charge in [-0.15, -0.1) is 0 Å². The Hall–Kier alpha value is -1.99. The molecule has 120 valence electrons. The van der Waals surface area contributed by atoms with Gasteiger partial charge in [0.05, 0.1) is 6.10 Å². The molecule has 2 rings (SSSR count). The van der Waals surface area contributed by atoms with E-state index in [1.807, 2.05) is 0 Å². The molecule has 1 aliphatic rings. The fourth-order valence-corrected chi connectivity index (χ4v) is 2.35. The van der Waals surface area contributed by atoms with Crippen molar-refractivity contribution in [3.8, 4) is 11.8 Å². The summed E-state index contributed by atoms with van der Waals surface area (Å²) in [6.07, 6.45) is -3.56. The van der Waals surface area contributed by atoms with E-state index in [-0.39, 0.29) is 5.82 Å². The monoisotopic (exact) mass is 312 g/mol. The van der Waals surface area contributed by atoms with E-state index in [0.29, 0.717) is 0 Å². The fourth-order valence-electron chi connectivity index (χ4n) is 2.35. The number of halogens is 1. The Morgan fingerprint density at radius 1 is 1.68 bits per heavy atom. The van der Waals surface area contributed by atoms with Crippen molar-refractivity contribution < 1.29 is 19.3 Å². The minimum absolute atomic E-state index is 0.00401. The molecule has 1 aliphatic heterocycles. The molecule has 9 heteroatoms. The molecule has 0 bridgehead atoms. The van der Waals surface area contributed by atoms with Gasteiger partial charge in [-0.1, -0.05) is 11.8 Å². The second-order valence-electron chi connectivity index (χ2n) is 5.05. The molecule has 0 aromatic carbocycles. The van der Waals surface area contributed by atoms with Crippen molar-refractivity contribution in [3.63, 3.8) is 0 Å². The smallest absolute Gasteiger partial charge is 0.351 e. The van der Waals surface area contributed by atoms with Crippen LogP contribution in [0, 0.1) is 11.8 Å². The molecule has 1 saturated heterocycles. The maximum atomic E-state index is 12.4. The normalized spacial score (nSPS) is 32.3. The summed E-state index contributed by atoms with van der Waals surface area (Å²) in [6, 6.07) is 1.34. The average Bonchev–Trinajstić information content (AvgIpc) is 2.70. The van der Waals surface area contributed by atoms with E-state index in [4.69, 9.17) is 16.2 Å². The third kappa shape index (κ3) is 2.69. The Morgan fingerprint density at radius 2 is 2.36 bits per heavy atom. The van der Waals surface area contributed by atoms with Gasteiger partial charge in [0.15, 0.2) is 11.8 Å². The van der Waals surface area contributed by atoms with Crippen LogP contribution in [-0.2, 0) is 4.74 Å². The minimum atomic E-state index is -1.78. The van der Waals surface area contributed by atoms with Crippen molar-refractivity contribution >= 4 is 5.82 Å². The number of nitrogens with two attached hydrogens (primary N) is 2. The van der Waals surface area contributed by atoms with Gasteiger partial charge in [0.25, 0.3) is 0 Å². The third-order valence-corrected chi connectivity index (χ3v) is 3.45. The Kier molecular flexibility index (Phi) is 4.48. The van der Waals surface area contributed by atoms with Crippen molar-refractivity contribution in [2.75, 3.05) is 12.4 Å².